The van der Waals surface area contributed by atoms with Crippen molar-refractivity contribution in [2.45, 2.75) is 33.0 Å². The molecule has 0 spiro atoms. The van der Waals surface area contributed by atoms with Crippen LogP contribution in [0, 0.1) is 10.1 Å². The van der Waals surface area contributed by atoms with Crippen LogP contribution in [0.25, 0.3) is 0 Å². The van der Waals surface area contributed by atoms with E-state index >= 15 is 0 Å². The number of anilines is 1. The summed E-state index contributed by atoms with van der Waals surface area (Å²) in [7, 11) is 0. The van der Waals surface area contributed by atoms with Crippen molar-refractivity contribution in [3.63, 3.8) is 0 Å². The molecule has 2 rings (SSSR count). The van der Waals surface area contributed by atoms with Gasteiger partial charge in [-0.1, -0.05) is 6.07 Å². The van der Waals surface area contributed by atoms with Crippen molar-refractivity contribution < 1.29 is 24.0 Å². The number of carbonyl (C=O) groups excluding carboxylic acids is 2. The van der Waals surface area contributed by atoms with Crippen LogP contribution in [-0.4, -0.2) is 22.6 Å². The first-order valence-corrected chi connectivity index (χ1v) is 8.14. The van der Waals surface area contributed by atoms with Crippen LogP contribution in [0.3, 0.4) is 0 Å². The van der Waals surface area contributed by atoms with E-state index in [0.29, 0.717) is 11.3 Å². The zero-order valence-corrected chi connectivity index (χ0v) is 15.2. The summed E-state index contributed by atoms with van der Waals surface area (Å²) in [4.78, 5) is 34.1. The van der Waals surface area contributed by atoms with Gasteiger partial charge in [0.25, 0.3) is 5.69 Å². The Kier molecular flexibility index (Phi) is 6.12. The van der Waals surface area contributed by atoms with E-state index in [1.54, 1.807) is 39.0 Å². The molecule has 0 aromatic heterocycles. The molecule has 0 saturated heterocycles. The van der Waals surface area contributed by atoms with Crippen molar-refractivity contribution in [1.82, 2.24) is 0 Å². The molecule has 1 N–H and O–H groups in total. The van der Waals surface area contributed by atoms with Gasteiger partial charge < -0.3 is 9.47 Å². The maximum Gasteiger partial charge on any atom is 0.412 e. The number of ether oxygens (including phenoxy) is 2. The quantitative estimate of drug-likeness (QED) is 0.476. The molecule has 0 fully saturated rings. The number of amides is 1. The molecule has 0 unspecified atom stereocenters. The summed E-state index contributed by atoms with van der Waals surface area (Å²) in [6.07, 6.45) is -0.626. The smallest absolute Gasteiger partial charge is 0.412 e. The van der Waals surface area contributed by atoms with Gasteiger partial charge in [0.1, 0.15) is 12.2 Å². The topological polar surface area (TPSA) is 108 Å². The summed E-state index contributed by atoms with van der Waals surface area (Å²) in [5.41, 5.74) is 0.605. The number of benzene rings is 2. The molecule has 0 atom stereocenters. The second-order valence-electron chi connectivity index (χ2n) is 6.71. The number of nitrogens with one attached hydrogen (secondary N) is 1. The fraction of sp³-hybridized carbons (Fsp3) is 0.263. The number of esters is 1. The van der Waals surface area contributed by atoms with Crippen molar-refractivity contribution in [3.05, 3.63) is 69.8 Å². The first-order chi connectivity index (χ1) is 12.6. The molecule has 142 valence electrons. The third-order valence-electron chi connectivity index (χ3n) is 3.26. The largest absolute Gasteiger partial charge is 0.457 e. The second-order valence-corrected chi connectivity index (χ2v) is 6.71. The highest BCUT2D eigenvalue weighted by Crippen LogP contribution is 2.16. The van der Waals surface area contributed by atoms with Gasteiger partial charge >= 0.3 is 12.1 Å². The molecular weight excluding hydrogens is 352 g/mol. The molecule has 27 heavy (non-hydrogen) atoms. The van der Waals surface area contributed by atoms with Gasteiger partial charge in [0.15, 0.2) is 0 Å². The Morgan fingerprint density at radius 2 is 1.78 bits per heavy atom. The van der Waals surface area contributed by atoms with Gasteiger partial charge in [-0.15, -0.1) is 0 Å². The summed E-state index contributed by atoms with van der Waals surface area (Å²) in [5, 5.41) is 13.2. The number of hydrogen-bond acceptors (Lipinski definition) is 6. The molecule has 0 aliphatic carbocycles. The Morgan fingerprint density at radius 1 is 1.11 bits per heavy atom. The lowest BCUT2D eigenvalue weighted by Gasteiger charge is -2.19. The second kappa shape index (κ2) is 8.31. The number of non-ortho nitro benzene ring substituents is 1. The fourth-order valence-corrected chi connectivity index (χ4v) is 2.09. The minimum Gasteiger partial charge on any atom is -0.457 e. The number of rotatable bonds is 5. The Labute approximate surface area is 156 Å². The van der Waals surface area contributed by atoms with E-state index in [-0.39, 0.29) is 17.9 Å². The van der Waals surface area contributed by atoms with Gasteiger partial charge in [0.05, 0.1) is 10.5 Å². The third-order valence-corrected chi connectivity index (χ3v) is 3.26. The van der Waals surface area contributed by atoms with E-state index in [1.165, 1.54) is 30.3 Å². The Hall–Kier alpha value is -3.42. The normalized spacial score (nSPS) is 10.8. The van der Waals surface area contributed by atoms with Crippen molar-refractivity contribution >= 4 is 23.4 Å². The number of nitrogens with zero attached hydrogens (tertiary/aromatic N) is 1. The highest BCUT2D eigenvalue weighted by Gasteiger charge is 2.17. The van der Waals surface area contributed by atoms with Crippen LogP contribution in [0.1, 0.15) is 36.7 Å². The first kappa shape index (κ1) is 19.9. The Bertz CT molecular complexity index is 840. The maximum atomic E-state index is 12.2. The Morgan fingerprint density at radius 3 is 2.37 bits per heavy atom. The molecule has 0 aliphatic rings. The molecule has 0 heterocycles. The lowest BCUT2D eigenvalue weighted by Crippen LogP contribution is -2.27. The molecule has 2 aromatic rings. The van der Waals surface area contributed by atoms with Gasteiger partial charge in [-0.25, -0.2) is 9.59 Å². The van der Waals surface area contributed by atoms with Gasteiger partial charge in [-0.2, -0.15) is 0 Å². The zero-order chi connectivity index (χ0) is 20.0. The third kappa shape index (κ3) is 6.43. The SMILES string of the molecule is CC(C)(C)OC(=O)Nc1cccc(C(=O)OCc2ccc([N+](=O)[O-])cc2)c1. The number of nitro groups is 1. The molecule has 2 aromatic carbocycles. The van der Waals surface area contributed by atoms with Crippen LogP contribution in [0.4, 0.5) is 16.2 Å². The summed E-state index contributed by atoms with van der Waals surface area (Å²) < 4.78 is 10.4. The highest BCUT2D eigenvalue weighted by molar-refractivity contribution is 5.92. The monoisotopic (exact) mass is 372 g/mol. The molecule has 8 heteroatoms. The molecule has 0 saturated carbocycles. The lowest BCUT2D eigenvalue weighted by molar-refractivity contribution is -0.384. The van der Waals surface area contributed by atoms with E-state index in [0.717, 1.165) is 0 Å². The molecule has 0 aliphatic heterocycles. The minimum absolute atomic E-state index is 0.0272. The highest BCUT2D eigenvalue weighted by atomic mass is 16.6. The van der Waals surface area contributed by atoms with E-state index in [2.05, 4.69) is 5.32 Å². The summed E-state index contributed by atoms with van der Waals surface area (Å²) in [6.45, 7) is 5.22. The maximum absolute atomic E-state index is 12.2. The number of nitro benzene ring substituents is 1. The van der Waals surface area contributed by atoms with Gasteiger partial charge in [-0.05, 0) is 56.7 Å². The Balaban J connectivity index is 1.96. The van der Waals surface area contributed by atoms with E-state index in [9.17, 15) is 19.7 Å². The van der Waals surface area contributed by atoms with Crippen LogP contribution >= 0.6 is 0 Å². The standard InChI is InChI=1S/C19H20N2O6/c1-19(2,3)27-18(23)20-15-6-4-5-14(11-15)17(22)26-12-13-7-9-16(10-8-13)21(24)25/h4-11H,12H2,1-3H3,(H,20,23). The average Bonchev–Trinajstić information content (AvgIpc) is 2.58. The summed E-state index contributed by atoms with van der Waals surface area (Å²) >= 11 is 0. The summed E-state index contributed by atoms with van der Waals surface area (Å²) in [5.74, 6) is -0.582. The lowest BCUT2D eigenvalue weighted by atomic mass is 10.2. The fourth-order valence-electron chi connectivity index (χ4n) is 2.09. The first-order valence-electron chi connectivity index (χ1n) is 8.14. The molecule has 8 nitrogen and oxygen atoms in total. The van der Waals surface area contributed by atoms with Gasteiger partial charge in [0.2, 0.25) is 0 Å². The van der Waals surface area contributed by atoms with E-state index in [4.69, 9.17) is 9.47 Å². The predicted octanol–water partition coefficient (Wildman–Crippen LogP) is 4.30. The predicted molar refractivity (Wildman–Crippen MR) is 98.5 cm³/mol. The van der Waals surface area contributed by atoms with Crippen LogP contribution in [0.15, 0.2) is 48.5 Å². The van der Waals surface area contributed by atoms with Gasteiger partial charge in [0, 0.05) is 17.8 Å². The van der Waals surface area contributed by atoms with Crippen molar-refractivity contribution in [1.29, 1.82) is 0 Å². The van der Waals surface area contributed by atoms with Crippen LogP contribution in [-0.2, 0) is 16.1 Å². The van der Waals surface area contributed by atoms with Crippen molar-refractivity contribution in [2.24, 2.45) is 0 Å². The minimum atomic E-state index is -0.634. The van der Waals surface area contributed by atoms with Crippen LogP contribution < -0.4 is 5.32 Å². The molecule has 1 amide bonds. The van der Waals surface area contributed by atoms with Gasteiger partial charge in [-0.3, -0.25) is 15.4 Å². The zero-order valence-electron chi connectivity index (χ0n) is 15.2. The molecular formula is C19H20N2O6. The number of hydrogen-bond donors (Lipinski definition) is 1. The van der Waals surface area contributed by atoms with Crippen molar-refractivity contribution in [3.8, 4) is 0 Å². The molecule has 0 radical (unpaired) electrons. The average molecular weight is 372 g/mol. The number of carbonyl (C=O) groups is 2. The van der Waals surface area contributed by atoms with Crippen LogP contribution in [0.2, 0.25) is 0 Å². The van der Waals surface area contributed by atoms with E-state index in [1.807, 2.05) is 0 Å². The van der Waals surface area contributed by atoms with Crippen molar-refractivity contribution in [2.75, 3.05) is 5.32 Å². The summed E-state index contributed by atoms with van der Waals surface area (Å²) in [6, 6.07) is 12.0. The van der Waals surface area contributed by atoms with E-state index < -0.39 is 22.6 Å². The molecule has 0 bridgehead atoms. The van der Waals surface area contributed by atoms with Crippen LogP contribution in [0.5, 0.6) is 0 Å².